The monoisotopic (exact) mass is 315 g/mol. The van der Waals surface area contributed by atoms with Crippen molar-refractivity contribution in [2.24, 2.45) is 0 Å². The Morgan fingerprint density at radius 1 is 0.917 bits per heavy atom. The third kappa shape index (κ3) is 2.06. The van der Waals surface area contributed by atoms with E-state index in [1.54, 1.807) is 0 Å². The lowest BCUT2D eigenvalue weighted by Crippen LogP contribution is -2.22. The highest BCUT2D eigenvalue weighted by atomic mass is 16.1. The maximum Gasteiger partial charge on any atom is 0.167 e. The van der Waals surface area contributed by atoms with Crippen molar-refractivity contribution in [1.82, 2.24) is 0 Å². The molecule has 0 bridgehead atoms. The Balaban J connectivity index is 2.24. The summed E-state index contributed by atoms with van der Waals surface area (Å²) in [5, 5.41) is 4.69. The normalized spacial score (nSPS) is 13.5. The minimum Gasteiger partial charge on any atom is -0.372 e. The van der Waals surface area contributed by atoms with Crippen molar-refractivity contribution in [2.45, 2.75) is 20.3 Å². The van der Waals surface area contributed by atoms with Crippen LogP contribution in [0.5, 0.6) is 0 Å². The molecule has 2 heteroatoms. The van der Waals surface area contributed by atoms with Gasteiger partial charge in [0.2, 0.25) is 0 Å². The molecular formula is C22H21NO. The molecule has 0 heterocycles. The summed E-state index contributed by atoms with van der Waals surface area (Å²) in [5.41, 5.74) is 3.22. The van der Waals surface area contributed by atoms with E-state index < -0.39 is 0 Å². The summed E-state index contributed by atoms with van der Waals surface area (Å²) in [7, 11) is 0. The lowest BCUT2D eigenvalue weighted by atomic mass is 9.85. The molecule has 3 aromatic carbocycles. The third-order valence-electron chi connectivity index (χ3n) is 5.04. The van der Waals surface area contributed by atoms with Gasteiger partial charge in [-0.2, -0.15) is 0 Å². The third-order valence-corrected chi connectivity index (χ3v) is 5.04. The van der Waals surface area contributed by atoms with Crippen molar-refractivity contribution in [3.05, 3.63) is 59.7 Å². The molecule has 0 atom stereocenters. The predicted octanol–water partition coefficient (Wildman–Crippen LogP) is 5.44. The fourth-order valence-electron chi connectivity index (χ4n) is 3.93. The van der Waals surface area contributed by atoms with Gasteiger partial charge in [-0.25, -0.2) is 0 Å². The van der Waals surface area contributed by atoms with Gasteiger partial charge in [0.1, 0.15) is 0 Å². The van der Waals surface area contributed by atoms with E-state index in [1.807, 2.05) is 12.1 Å². The Labute approximate surface area is 142 Å². The molecule has 0 saturated carbocycles. The molecule has 0 radical (unpaired) electrons. The van der Waals surface area contributed by atoms with Crippen molar-refractivity contribution in [2.75, 3.05) is 18.0 Å². The van der Waals surface area contributed by atoms with E-state index in [2.05, 4.69) is 61.2 Å². The second-order valence-electron chi connectivity index (χ2n) is 6.24. The molecule has 0 fully saturated rings. The van der Waals surface area contributed by atoms with Gasteiger partial charge in [-0.15, -0.1) is 0 Å². The number of hydrogen-bond acceptors (Lipinski definition) is 2. The summed E-state index contributed by atoms with van der Waals surface area (Å²) in [6.45, 7) is 6.31. The van der Waals surface area contributed by atoms with E-state index in [0.29, 0.717) is 6.42 Å². The van der Waals surface area contributed by atoms with Crippen LogP contribution in [0.1, 0.15) is 36.2 Å². The minimum atomic E-state index is 0.221. The van der Waals surface area contributed by atoms with Crippen LogP contribution in [0.15, 0.2) is 48.5 Å². The van der Waals surface area contributed by atoms with Crippen LogP contribution >= 0.6 is 0 Å². The number of anilines is 1. The van der Waals surface area contributed by atoms with Crippen LogP contribution in [0.3, 0.4) is 0 Å². The number of fused-ring (bicyclic) bond motifs is 6. The van der Waals surface area contributed by atoms with Crippen molar-refractivity contribution < 1.29 is 4.79 Å². The van der Waals surface area contributed by atoms with Gasteiger partial charge in [-0.3, -0.25) is 4.79 Å². The zero-order valence-corrected chi connectivity index (χ0v) is 14.2. The number of hydrogen-bond donors (Lipinski definition) is 0. The molecule has 1 aliphatic rings. The maximum absolute atomic E-state index is 12.6. The second kappa shape index (κ2) is 5.79. The molecular weight excluding hydrogens is 294 g/mol. The number of Topliss-reactive ketones (excluding diaryl/α,β-unsaturated/α-hetero) is 1. The lowest BCUT2D eigenvalue weighted by molar-refractivity contribution is 0.0996. The van der Waals surface area contributed by atoms with E-state index in [4.69, 9.17) is 0 Å². The summed E-state index contributed by atoms with van der Waals surface area (Å²) in [5.74, 6) is 0.221. The van der Waals surface area contributed by atoms with Gasteiger partial charge in [0.15, 0.2) is 5.78 Å². The number of carbonyl (C=O) groups is 1. The van der Waals surface area contributed by atoms with Gasteiger partial charge in [0.25, 0.3) is 0 Å². The van der Waals surface area contributed by atoms with Crippen LogP contribution in [0.2, 0.25) is 0 Å². The van der Waals surface area contributed by atoms with E-state index in [1.165, 1.54) is 21.8 Å². The summed E-state index contributed by atoms with van der Waals surface area (Å²) >= 11 is 0. The number of ketones is 1. The van der Waals surface area contributed by atoms with Crippen LogP contribution in [0.4, 0.5) is 5.69 Å². The molecule has 0 unspecified atom stereocenters. The van der Waals surface area contributed by atoms with Crippen molar-refractivity contribution in [3.8, 4) is 0 Å². The van der Waals surface area contributed by atoms with Gasteiger partial charge in [0, 0.05) is 36.1 Å². The summed E-state index contributed by atoms with van der Waals surface area (Å²) in [6.07, 6.45) is 4.61. The van der Waals surface area contributed by atoms with Crippen molar-refractivity contribution in [3.63, 3.8) is 0 Å². The van der Waals surface area contributed by atoms with Crippen molar-refractivity contribution in [1.29, 1.82) is 0 Å². The average Bonchev–Trinajstić information content (AvgIpc) is 2.63. The smallest absolute Gasteiger partial charge is 0.167 e. The molecule has 24 heavy (non-hydrogen) atoms. The van der Waals surface area contributed by atoms with Gasteiger partial charge >= 0.3 is 0 Å². The average molecular weight is 315 g/mol. The van der Waals surface area contributed by atoms with Gasteiger partial charge < -0.3 is 4.90 Å². The number of benzene rings is 3. The highest BCUT2D eigenvalue weighted by Gasteiger charge is 2.22. The summed E-state index contributed by atoms with van der Waals surface area (Å²) < 4.78 is 0. The second-order valence-corrected chi connectivity index (χ2v) is 6.24. The highest BCUT2D eigenvalue weighted by molar-refractivity contribution is 6.25. The highest BCUT2D eigenvalue weighted by Crippen LogP contribution is 2.40. The number of carbonyl (C=O) groups excluding carboxylic acids is 1. The fraction of sp³-hybridized carbons (Fsp3) is 0.227. The van der Waals surface area contributed by atoms with Crippen LogP contribution in [-0.4, -0.2) is 18.9 Å². The first-order valence-corrected chi connectivity index (χ1v) is 8.68. The molecule has 2 nitrogen and oxygen atoms in total. The Hall–Kier alpha value is -2.61. The molecule has 0 saturated heterocycles. The molecule has 0 amide bonds. The maximum atomic E-state index is 12.6. The largest absolute Gasteiger partial charge is 0.372 e. The van der Waals surface area contributed by atoms with E-state index in [9.17, 15) is 4.79 Å². The van der Waals surface area contributed by atoms with Crippen LogP contribution in [0, 0.1) is 0 Å². The molecule has 0 spiro atoms. The Morgan fingerprint density at radius 3 is 2.38 bits per heavy atom. The van der Waals surface area contributed by atoms with Gasteiger partial charge in [-0.05, 0) is 41.6 Å². The van der Waals surface area contributed by atoms with Crippen molar-refractivity contribution >= 4 is 39.1 Å². The zero-order chi connectivity index (χ0) is 16.7. The Bertz CT molecular complexity index is 980. The Kier molecular flexibility index (Phi) is 3.61. The van der Waals surface area contributed by atoms with Crippen LogP contribution < -0.4 is 4.90 Å². The van der Waals surface area contributed by atoms with Gasteiger partial charge in [-0.1, -0.05) is 48.6 Å². The SMILES string of the molecule is CCN(CC)c1cccc2c3c(c4ccccc4c12)C(=O)CC=C3. The summed E-state index contributed by atoms with van der Waals surface area (Å²) in [6, 6.07) is 14.8. The molecule has 4 rings (SSSR count). The molecule has 0 aliphatic heterocycles. The predicted molar refractivity (Wildman–Crippen MR) is 103 cm³/mol. The first kappa shape index (κ1) is 14.9. The first-order valence-electron chi connectivity index (χ1n) is 8.68. The van der Waals surface area contributed by atoms with E-state index in [-0.39, 0.29) is 5.78 Å². The number of nitrogens with zero attached hydrogens (tertiary/aromatic N) is 1. The molecule has 3 aromatic rings. The van der Waals surface area contributed by atoms with E-state index >= 15 is 0 Å². The van der Waals surface area contributed by atoms with Crippen LogP contribution in [-0.2, 0) is 0 Å². The summed E-state index contributed by atoms with van der Waals surface area (Å²) in [4.78, 5) is 15.0. The number of allylic oxidation sites excluding steroid dienone is 1. The molecule has 0 N–H and O–H groups in total. The van der Waals surface area contributed by atoms with Crippen LogP contribution in [0.25, 0.3) is 27.6 Å². The Morgan fingerprint density at radius 2 is 1.62 bits per heavy atom. The lowest BCUT2D eigenvalue weighted by Gasteiger charge is -2.25. The van der Waals surface area contributed by atoms with Gasteiger partial charge in [0.05, 0.1) is 0 Å². The molecule has 120 valence electrons. The standard InChI is InChI=1S/C22H21NO/c1-3-23(4-2)19-13-7-11-16-18-12-8-14-20(24)22(18)17-10-6-5-9-15(17)21(16)19/h5-13H,3-4,14H2,1-2H3. The topological polar surface area (TPSA) is 20.3 Å². The molecule has 0 aromatic heterocycles. The first-order chi connectivity index (χ1) is 11.8. The zero-order valence-electron chi connectivity index (χ0n) is 14.2. The fourth-order valence-corrected chi connectivity index (χ4v) is 3.93. The van der Waals surface area contributed by atoms with E-state index in [0.717, 1.165) is 29.6 Å². The molecule has 1 aliphatic carbocycles. The quantitative estimate of drug-likeness (QED) is 0.600. The number of rotatable bonds is 3. The minimum absolute atomic E-state index is 0.221.